The quantitative estimate of drug-likeness (QED) is 0.176. The first kappa shape index (κ1) is 31.5. The summed E-state index contributed by atoms with van der Waals surface area (Å²) < 4.78 is 11.5. The average molecular weight is 735 g/mol. The molecule has 4 heteroatoms. The Labute approximate surface area is 327 Å². The minimum atomic E-state index is 0.207. The van der Waals surface area contributed by atoms with Crippen molar-refractivity contribution in [1.29, 1.82) is 0 Å². The zero-order valence-electron chi connectivity index (χ0n) is 30.4. The molecule has 0 fully saturated rings. The third-order valence-corrected chi connectivity index (χ3v) is 12.9. The van der Waals surface area contributed by atoms with Gasteiger partial charge in [0.05, 0.1) is 11.0 Å². The van der Waals surface area contributed by atoms with Crippen LogP contribution in [0.2, 0.25) is 0 Å². The van der Waals surface area contributed by atoms with E-state index in [2.05, 4.69) is 185 Å². The van der Waals surface area contributed by atoms with E-state index in [4.69, 9.17) is 4.42 Å². The Hall–Kier alpha value is -6.88. The van der Waals surface area contributed by atoms with Crippen LogP contribution in [0.3, 0.4) is 0 Å². The van der Waals surface area contributed by atoms with Crippen molar-refractivity contribution in [3.8, 4) is 5.69 Å². The summed E-state index contributed by atoms with van der Waals surface area (Å²) in [5.74, 6) is 0.207. The van der Waals surface area contributed by atoms with E-state index >= 15 is 0 Å². The molecular formula is C52H34N2OS. The van der Waals surface area contributed by atoms with Crippen molar-refractivity contribution in [2.75, 3.05) is 4.90 Å². The van der Waals surface area contributed by atoms with Crippen molar-refractivity contribution in [1.82, 2.24) is 4.57 Å². The van der Waals surface area contributed by atoms with E-state index in [1.807, 2.05) is 23.5 Å². The van der Waals surface area contributed by atoms with Crippen molar-refractivity contribution in [2.45, 2.75) is 12.3 Å². The molecule has 1 unspecified atom stereocenters. The van der Waals surface area contributed by atoms with Crippen molar-refractivity contribution < 1.29 is 4.42 Å². The summed E-state index contributed by atoms with van der Waals surface area (Å²) in [6.45, 7) is 0. The standard InChI is InChI=1S/C52H34N2OS/c1-2-14-36(15-3-1)53(38-26-27-42-41-17-7-10-20-49(41)55-50(42)32-38)37-24-22-33(23-25-37)44-30-39(31-46-43-18-8-11-21-51(43)56-52(44)46)54-47-19-9-6-16-40(47)45-28-34-12-4-5-13-35(34)29-48(45)54/h1-22,24-33H,23H2. The number of para-hydroxylation sites is 3. The van der Waals surface area contributed by atoms with Gasteiger partial charge in [-0.25, -0.2) is 0 Å². The van der Waals surface area contributed by atoms with Crippen LogP contribution in [0.25, 0.3) is 80.4 Å². The van der Waals surface area contributed by atoms with Gasteiger partial charge in [-0.2, -0.15) is 0 Å². The third-order valence-electron chi connectivity index (χ3n) is 11.7. The zero-order chi connectivity index (χ0) is 36.7. The largest absolute Gasteiger partial charge is 0.456 e. The van der Waals surface area contributed by atoms with Crippen molar-refractivity contribution in [3.05, 3.63) is 199 Å². The molecule has 3 nitrogen and oxygen atoms in total. The highest BCUT2D eigenvalue weighted by Crippen LogP contribution is 2.45. The second kappa shape index (κ2) is 12.3. The Morgan fingerprint density at radius 1 is 0.536 bits per heavy atom. The summed E-state index contributed by atoms with van der Waals surface area (Å²) in [5, 5.41) is 9.98. The number of thiophene rings is 1. The van der Waals surface area contributed by atoms with Gasteiger partial charge in [-0.15, -0.1) is 11.3 Å². The number of anilines is 2. The van der Waals surface area contributed by atoms with Crippen LogP contribution >= 0.6 is 11.3 Å². The highest BCUT2D eigenvalue weighted by molar-refractivity contribution is 7.26. The van der Waals surface area contributed by atoms with Gasteiger partial charge in [-0.3, -0.25) is 0 Å². The number of rotatable bonds is 5. The first-order valence-electron chi connectivity index (χ1n) is 19.3. The van der Waals surface area contributed by atoms with Gasteiger partial charge in [0.15, 0.2) is 0 Å². The van der Waals surface area contributed by atoms with Gasteiger partial charge in [-0.1, -0.05) is 109 Å². The molecule has 56 heavy (non-hydrogen) atoms. The molecule has 12 rings (SSSR count). The molecule has 0 N–H and O–H groups in total. The van der Waals surface area contributed by atoms with Crippen molar-refractivity contribution in [3.63, 3.8) is 0 Å². The number of aromatic nitrogens is 1. The summed E-state index contributed by atoms with van der Waals surface area (Å²) >= 11 is 1.92. The van der Waals surface area contributed by atoms with Gasteiger partial charge >= 0.3 is 0 Å². The fourth-order valence-corrected chi connectivity index (χ4v) is 10.3. The maximum atomic E-state index is 6.36. The molecule has 0 amide bonds. The highest BCUT2D eigenvalue weighted by Gasteiger charge is 2.23. The first-order valence-corrected chi connectivity index (χ1v) is 20.1. The van der Waals surface area contributed by atoms with Gasteiger partial charge in [0.2, 0.25) is 0 Å². The Morgan fingerprint density at radius 3 is 2.12 bits per heavy atom. The molecule has 1 aliphatic rings. The average Bonchev–Trinajstić information content (AvgIpc) is 3.92. The molecule has 0 spiro atoms. The van der Waals surface area contributed by atoms with E-state index in [0.717, 1.165) is 45.4 Å². The lowest BCUT2D eigenvalue weighted by Crippen LogP contribution is -2.17. The second-order valence-electron chi connectivity index (χ2n) is 14.9. The Kier molecular flexibility index (Phi) is 6.92. The maximum absolute atomic E-state index is 6.36. The lowest BCUT2D eigenvalue weighted by atomic mass is 9.89. The van der Waals surface area contributed by atoms with Gasteiger partial charge < -0.3 is 13.9 Å². The van der Waals surface area contributed by atoms with Crippen LogP contribution in [0, 0.1) is 0 Å². The lowest BCUT2D eigenvalue weighted by molar-refractivity contribution is 0.669. The molecular weight excluding hydrogens is 701 g/mol. The van der Waals surface area contributed by atoms with Gasteiger partial charge in [0.25, 0.3) is 0 Å². The molecule has 8 aromatic carbocycles. The van der Waals surface area contributed by atoms with E-state index in [9.17, 15) is 0 Å². The minimum absolute atomic E-state index is 0.207. The molecule has 1 atom stereocenters. The number of benzene rings is 8. The van der Waals surface area contributed by atoms with Crippen molar-refractivity contribution >= 4 is 97.4 Å². The van der Waals surface area contributed by atoms with Gasteiger partial charge in [0, 0.05) is 76.5 Å². The number of fused-ring (bicyclic) bond motifs is 10. The number of hydrogen-bond donors (Lipinski definition) is 0. The number of hydrogen-bond acceptors (Lipinski definition) is 3. The van der Waals surface area contributed by atoms with Crippen LogP contribution in [0.15, 0.2) is 198 Å². The first-order chi connectivity index (χ1) is 27.7. The predicted octanol–water partition coefficient (Wildman–Crippen LogP) is 15.0. The van der Waals surface area contributed by atoms with Gasteiger partial charge in [-0.05, 0) is 95.6 Å². The topological polar surface area (TPSA) is 21.3 Å². The molecule has 264 valence electrons. The van der Waals surface area contributed by atoms with Crippen LogP contribution < -0.4 is 4.90 Å². The van der Waals surface area contributed by atoms with E-state index in [0.29, 0.717) is 0 Å². The van der Waals surface area contributed by atoms with E-state index in [-0.39, 0.29) is 5.92 Å². The molecule has 0 radical (unpaired) electrons. The molecule has 0 saturated heterocycles. The maximum Gasteiger partial charge on any atom is 0.137 e. The third kappa shape index (κ3) is 4.83. The lowest BCUT2D eigenvalue weighted by Gasteiger charge is -2.29. The molecule has 11 aromatic rings. The number of allylic oxidation sites excluding steroid dienone is 3. The Morgan fingerprint density at radius 2 is 1.27 bits per heavy atom. The number of furan rings is 1. The van der Waals surface area contributed by atoms with E-state index < -0.39 is 0 Å². The summed E-state index contributed by atoms with van der Waals surface area (Å²) in [6, 6.07) is 61.6. The SMILES string of the molecule is C1=CC(c2cc(-n3c4ccccc4c4cc5ccccc5cc43)cc3c2sc2ccccc23)CC=C1N(c1ccccc1)c1ccc2c(c1)oc1ccccc12. The molecule has 0 aliphatic heterocycles. The molecule has 3 aromatic heterocycles. The van der Waals surface area contributed by atoms with E-state index in [1.54, 1.807) is 0 Å². The van der Waals surface area contributed by atoms with Gasteiger partial charge in [0.1, 0.15) is 11.2 Å². The summed E-state index contributed by atoms with van der Waals surface area (Å²) in [7, 11) is 0. The van der Waals surface area contributed by atoms with Crippen LogP contribution in [-0.2, 0) is 0 Å². The Balaban J connectivity index is 1.01. The minimum Gasteiger partial charge on any atom is -0.456 e. The summed E-state index contributed by atoms with van der Waals surface area (Å²) in [6.07, 6.45) is 8.04. The fourth-order valence-electron chi connectivity index (χ4n) is 9.06. The van der Waals surface area contributed by atoms with Crippen LogP contribution in [0.4, 0.5) is 11.4 Å². The van der Waals surface area contributed by atoms with E-state index in [1.165, 1.54) is 64.0 Å². The summed E-state index contributed by atoms with van der Waals surface area (Å²) in [4.78, 5) is 2.35. The van der Waals surface area contributed by atoms with Crippen LogP contribution in [0.1, 0.15) is 17.9 Å². The molecule has 1 aliphatic carbocycles. The highest BCUT2D eigenvalue weighted by atomic mass is 32.1. The number of nitrogens with zero attached hydrogens (tertiary/aromatic N) is 2. The smallest absolute Gasteiger partial charge is 0.137 e. The molecule has 3 heterocycles. The van der Waals surface area contributed by atoms with Crippen molar-refractivity contribution in [2.24, 2.45) is 0 Å². The van der Waals surface area contributed by atoms with Crippen LogP contribution in [0.5, 0.6) is 0 Å². The predicted molar refractivity (Wildman–Crippen MR) is 238 cm³/mol. The van der Waals surface area contributed by atoms with Crippen LogP contribution in [-0.4, -0.2) is 4.57 Å². The Bertz CT molecular complexity index is 3420. The fraction of sp³-hybridized carbons (Fsp3) is 0.0385. The monoisotopic (exact) mass is 734 g/mol. The normalized spacial score (nSPS) is 14.6. The molecule has 0 bridgehead atoms. The summed E-state index contributed by atoms with van der Waals surface area (Å²) in [5.41, 5.74) is 10.2. The molecule has 0 saturated carbocycles. The zero-order valence-corrected chi connectivity index (χ0v) is 31.2. The second-order valence-corrected chi connectivity index (χ2v) is 15.9.